The molecule has 0 saturated carbocycles. The molecule has 0 atom stereocenters. The summed E-state index contributed by atoms with van der Waals surface area (Å²) in [5.74, 6) is 0. The largest absolute Gasteiger partial charge is 0.402 e. The molecule has 0 aromatic carbocycles. The SMILES string of the molecule is C=C/C=C(N)\C=C(/C)N.CC.CC/C(C)=C\CC/C(=C/CN(C)C)CC. The summed E-state index contributed by atoms with van der Waals surface area (Å²) in [5.41, 5.74) is 15.2. The van der Waals surface area contributed by atoms with Crippen LogP contribution in [-0.4, -0.2) is 25.5 Å². The van der Waals surface area contributed by atoms with Gasteiger partial charge in [-0.25, -0.2) is 0 Å². The van der Waals surface area contributed by atoms with Crippen molar-refractivity contribution >= 4 is 0 Å². The van der Waals surface area contributed by atoms with Gasteiger partial charge in [-0.1, -0.05) is 63.6 Å². The quantitative estimate of drug-likeness (QED) is 0.394. The third kappa shape index (κ3) is 24.5. The molecule has 0 bridgehead atoms. The van der Waals surface area contributed by atoms with Crippen LogP contribution in [0, 0.1) is 0 Å². The minimum atomic E-state index is 0.630. The highest BCUT2D eigenvalue weighted by molar-refractivity contribution is 5.21. The van der Waals surface area contributed by atoms with Gasteiger partial charge in [0, 0.05) is 17.9 Å². The molecule has 3 heteroatoms. The zero-order valence-corrected chi connectivity index (χ0v) is 18.7. The van der Waals surface area contributed by atoms with Crippen molar-refractivity contribution in [3.05, 3.63) is 59.5 Å². The fourth-order valence-electron chi connectivity index (χ4n) is 1.83. The monoisotopic (exact) mass is 363 g/mol. The van der Waals surface area contributed by atoms with Crippen LogP contribution in [0.5, 0.6) is 0 Å². The fourth-order valence-corrected chi connectivity index (χ4v) is 1.83. The summed E-state index contributed by atoms with van der Waals surface area (Å²) in [6.07, 6.45) is 14.5. The van der Waals surface area contributed by atoms with Crippen molar-refractivity contribution in [1.82, 2.24) is 4.90 Å². The van der Waals surface area contributed by atoms with Crippen molar-refractivity contribution < 1.29 is 0 Å². The predicted octanol–water partition coefficient (Wildman–Crippen LogP) is 5.92. The van der Waals surface area contributed by atoms with Crippen LogP contribution in [0.4, 0.5) is 0 Å². The van der Waals surface area contributed by atoms with Crippen LogP contribution < -0.4 is 11.5 Å². The highest BCUT2D eigenvalue weighted by Crippen LogP contribution is 2.11. The van der Waals surface area contributed by atoms with E-state index in [1.54, 1.807) is 30.7 Å². The van der Waals surface area contributed by atoms with Gasteiger partial charge in [-0.3, -0.25) is 0 Å². The van der Waals surface area contributed by atoms with Crippen LogP contribution in [0.3, 0.4) is 0 Å². The molecular weight excluding hydrogens is 318 g/mol. The fraction of sp³-hybridized carbons (Fsp3) is 0.565. The van der Waals surface area contributed by atoms with Crippen molar-refractivity contribution in [1.29, 1.82) is 0 Å². The Bertz CT molecular complexity index is 448. The molecule has 0 spiro atoms. The second-order valence-electron chi connectivity index (χ2n) is 6.21. The normalized spacial score (nSPS) is 12.8. The minimum Gasteiger partial charge on any atom is -0.402 e. The van der Waals surface area contributed by atoms with Gasteiger partial charge in [0.15, 0.2) is 0 Å². The molecule has 0 radical (unpaired) electrons. The molecule has 3 nitrogen and oxygen atoms in total. The van der Waals surface area contributed by atoms with Crippen molar-refractivity contribution in [3.63, 3.8) is 0 Å². The standard InChI is InChI=1S/C14H27N.C7H12N2.C2H6/c1-6-13(3)9-8-10-14(7-2)11-12-15(4)5;1-3-4-7(9)5-6(2)8;1-2/h9,11H,6-8,10,12H2,1-5H3;3-5H,1,8-9H2,2H3;1-2H3/b13-9-,14-11+;6-5+,7-4+;. The molecule has 0 rings (SSSR count). The van der Waals surface area contributed by atoms with Gasteiger partial charge < -0.3 is 16.4 Å². The van der Waals surface area contributed by atoms with Crippen LogP contribution in [0.1, 0.15) is 67.2 Å². The van der Waals surface area contributed by atoms with Crippen LogP contribution in [-0.2, 0) is 0 Å². The Labute approximate surface area is 164 Å². The highest BCUT2D eigenvalue weighted by atomic mass is 15.0. The van der Waals surface area contributed by atoms with E-state index >= 15 is 0 Å². The summed E-state index contributed by atoms with van der Waals surface area (Å²) in [5, 5.41) is 0. The number of likely N-dealkylation sites (N-methyl/N-ethyl adjacent to an activating group) is 1. The molecule has 0 aliphatic carbocycles. The Morgan fingerprint density at radius 1 is 1.00 bits per heavy atom. The Hall–Kier alpha value is -1.74. The van der Waals surface area contributed by atoms with Gasteiger partial charge in [-0.2, -0.15) is 0 Å². The van der Waals surface area contributed by atoms with Gasteiger partial charge in [0.2, 0.25) is 0 Å². The second kappa shape index (κ2) is 21.3. The van der Waals surface area contributed by atoms with Gasteiger partial charge in [0.05, 0.1) is 0 Å². The molecule has 0 saturated heterocycles. The van der Waals surface area contributed by atoms with Gasteiger partial charge in [-0.15, -0.1) is 0 Å². The maximum atomic E-state index is 5.42. The molecule has 0 aliphatic rings. The summed E-state index contributed by atoms with van der Waals surface area (Å²) in [7, 11) is 4.23. The first-order valence-electron chi connectivity index (χ1n) is 9.76. The van der Waals surface area contributed by atoms with Gasteiger partial charge in [0.25, 0.3) is 0 Å². The molecule has 0 heterocycles. The second-order valence-corrected chi connectivity index (χ2v) is 6.21. The van der Waals surface area contributed by atoms with E-state index in [0.717, 1.165) is 6.54 Å². The molecular formula is C23H45N3. The number of rotatable bonds is 9. The summed E-state index contributed by atoms with van der Waals surface area (Å²) < 4.78 is 0. The third-order valence-electron chi connectivity index (χ3n) is 3.42. The summed E-state index contributed by atoms with van der Waals surface area (Å²) in [6, 6.07) is 0. The first kappa shape index (κ1) is 29.0. The summed E-state index contributed by atoms with van der Waals surface area (Å²) in [6.45, 7) is 17.0. The number of nitrogens with two attached hydrogens (primary N) is 2. The summed E-state index contributed by atoms with van der Waals surface area (Å²) >= 11 is 0. The zero-order chi connectivity index (χ0) is 21.0. The van der Waals surface area contributed by atoms with Gasteiger partial charge >= 0.3 is 0 Å². The molecule has 152 valence electrons. The molecule has 26 heavy (non-hydrogen) atoms. The van der Waals surface area contributed by atoms with Crippen molar-refractivity contribution in [3.8, 4) is 0 Å². The topological polar surface area (TPSA) is 55.3 Å². The Balaban J connectivity index is -0.000000411. The third-order valence-corrected chi connectivity index (χ3v) is 3.42. The summed E-state index contributed by atoms with van der Waals surface area (Å²) in [4.78, 5) is 2.21. The van der Waals surface area contributed by atoms with E-state index in [1.165, 1.54) is 31.3 Å². The van der Waals surface area contributed by atoms with Crippen molar-refractivity contribution in [2.45, 2.75) is 67.2 Å². The number of hydrogen-bond acceptors (Lipinski definition) is 3. The van der Waals surface area contributed by atoms with Crippen LogP contribution in [0.25, 0.3) is 0 Å². The molecule has 0 fully saturated rings. The van der Waals surface area contributed by atoms with Crippen LogP contribution in [0.15, 0.2) is 59.5 Å². The van der Waals surface area contributed by atoms with Crippen LogP contribution in [0.2, 0.25) is 0 Å². The molecule has 4 N–H and O–H groups in total. The molecule has 0 aromatic rings. The van der Waals surface area contributed by atoms with Crippen LogP contribution >= 0.6 is 0 Å². The van der Waals surface area contributed by atoms with E-state index in [4.69, 9.17) is 11.5 Å². The van der Waals surface area contributed by atoms with Crippen molar-refractivity contribution in [2.75, 3.05) is 20.6 Å². The molecule has 0 aliphatic heterocycles. The van der Waals surface area contributed by atoms with E-state index < -0.39 is 0 Å². The van der Waals surface area contributed by atoms with E-state index in [-0.39, 0.29) is 0 Å². The number of nitrogens with zero attached hydrogens (tertiary/aromatic N) is 1. The average Bonchev–Trinajstić information content (AvgIpc) is 2.59. The number of allylic oxidation sites excluding steroid dienone is 7. The minimum absolute atomic E-state index is 0.630. The van der Waals surface area contributed by atoms with E-state index in [9.17, 15) is 0 Å². The molecule has 0 amide bonds. The van der Waals surface area contributed by atoms with E-state index in [0.29, 0.717) is 11.4 Å². The number of hydrogen-bond donors (Lipinski definition) is 2. The van der Waals surface area contributed by atoms with E-state index in [1.807, 2.05) is 13.8 Å². The average molecular weight is 364 g/mol. The Kier molecular flexibility index (Phi) is 23.8. The smallest absolute Gasteiger partial charge is 0.0330 e. The molecule has 0 aromatic heterocycles. The lowest BCUT2D eigenvalue weighted by Crippen LogP contribution is -2.11. The lowest BCUT2D eigenvalue weighted by Gasteiger charge is -2.08. The lowest BCUT2D eigenvalue weighted by atomic mass is 10.1. The Morgan fingerprint density at radius 2 is 1.58 bits per heavy atom. The molecule has 0 unspecified atom stereocenters. The predicted molar refractivity (Wildman–Crippen MR) is 122 cm³/mol. The maximum absolute atomic E-state index is 5.42. The van der Waals surface area contributed by atoms with Crippen molar-refractivity contribution in [2.24, 2.45) is 11.5 Å². The first-order valence-corrected chi connectivity index (χ1v) is 9.76. The van der Waals surface area contributed by atoms with E-state index in [2.05, 4.69) is 58.5 Å². The van der Waals surface area contributed by atoms with Gasteiger partial charge in [-0.05, 0) is 65.8 Å². The lowest BCUT2D eigenvalue weighted by molar-refractivity contribution is 0.454. The first-order chi connectivity index (χ1) is 12.3. The maximum Gasteiger partial charge on any atom is 0.0330 e. The zero-order valence-electron chi connectivity index (χ0n) is 18.7. The van der Waals surface area contributed by atoms with Gasteiger partial charge in [0.1, 0.15) is 0 Å². The Morgan fingerprint density at radius 3 is 1.96 bits per heavy atom. The highest BCUT2D eigenvalue weighted by Gasteiger charge is 1.94.